The van der Waals surface area contributed by atoms with Gasteiger partial charge in [0.25, 0.3) is 0 Å². The maximum absolute atomic E-state index is 12.1. The van der Waals surface area contributed by atoms with Crippen LogP contribution in [0.5, 0.6) is 0 Å². The zero-order valence-electron chi connectivity index (χ0n) is 12.8. The van der Waals surface area contributed by atoms with Crippen molar-refractivity contribution in [2.45, 2.75) is 44.8 Å². The van der Waals surface area contributed by atoms with Gasteiger partial charge in [-0.1, -0.05) is 23.7 Å². The summed E-state index contributed by atoms with van der Waals surface area (Å²) < 4.78 is 5.40. The highest BCUT2D eigenvalue weighted by atomic mass is 35.5. The van der Waals surface area contributed by atoms with Crippen molar-refractivity contribution in [1.82, 2.24) is 4.90 Å². The molecule has 1 saturated heterocycles. The third-order valence-electron chi connectivity index (χ3n) is 3.61. The minimum absolute atomic E-state index is 0.0903. The second-order valence-electron chi connectivity index (χ2n) is 6.54. The summed E-state index contributed by atoms with van der Waals surface area (Å²) in [5.74, 6) is 0.251. The Morgan fingerprint density at radius 2 is 1.95 bits per heavy atom. The fraction of sp³-hybridized carbons (Fsp3) is 0.562. The number of nitrogens with two attached hydrogens (primary N) is 1. The molecule has 2 rings (SSSR count). The third kappa shape index (κ3) is 4.35. The highest BCUT2D eigenvalue weighted by Crippen LogP contribution is 2.28. The first-order chi connectivity index (χ1) is 9.76. The van der Waals surface area contributed by atoms with Crippen LogP contribution in [0.1, 0.15) is 38.7 Å². The normalized spacial score (nSPS) is 23.0. The van der Waals surface area contributed by atoms with Crippen LogP contribution in [0.15, 0.2) is 24.3 Å². The van der Waals surface area contributed by atoms with Crippen LogP contribution < -0.4 is 5.73 Å². The molecule has 21 heavy (non-hydrogen) atoms. The molecule has 1 aliphatic rings. The van der Waals surface area contributed by atoms with Gasteiger partial charge in [0.1, 0.15) is 5.60 Å². The van der Waals surface area contributed by atoms with E-state index in [1.54, 1.807) is 4.90 Å². The number of likely N-dealkylation sites (tertiary alicyclic amines) is 1. The van der Waals surface area contributed by atoms with Crippen molar-refractivity contribution in [2.24, 2.45) is 5.73 Å². The summed E-state index contributed by atoms with van der Waals surface area (Å²) in [5, 5.41) is 0.721. The van der Waals surface area contributed by atoms with Crippen molar-refractivity contribution < 1.29 is 9.53 Å². The Hall–Kier alpha value is -1.26. The van der Waals surface area contributed by atoms with Crippen LogP contribution in [0.25, 0.3) is 0 Å². The van der Waals surface area contributed by atoms with Crippen molar-refractivity contribution in [2.75, 3.05) is 13.1 Å². The van der Waals surface area contributed by atoms with E-state index in [1.807, 2.05) is 45.0 Å². The molecule has 1 fully saturated rings. The van der Waals surface area contributed by atoms with E-state index in [2.05, 4.69) is 0 Å². The summed E-state index contributed by atoms with van der Waals surface area (Å²) in [7, 11) is 0. The number of carbonyl (C=O) groups is 1. The maximum Gasteiger partial charge on any atom is 0.410 e. The summed E-state index contributed by atoms with van der Waals surface area (Å²) in [6.07, 6.45) is 0.551. The minimum Gasteiger partial charge on any atom is -0.444 e. The Morgan fingerprint density at radius 3 is 2.48 bits per heavy atom. The molecule has 0 spiro atoms. The molecular formula is C16H23ClN2O2. The zero-order chi connectivity index (χ0) is 15.6. The summed E-state index contributed by atoms with van der Waals surface area (Å²) in [6.45, 7) is 6.78. The van der Waals surface area contributed by atoms with Crippen molar-refractivity contribution in [3.8, 4) is 0 Å². The van der Waals surface area contributed by atoms with Crippen molar-refractivity contribution in [3.05, 3.63) is 34.9 Å². The standard InChI is InChI=1S/C16H23ClN2O2/c1-16(2,3)21-15(20)19-9-8-13(14(18)10-19)11-4-6-12(17)7-5-11/h4-7,13-14H,8-10,18H2,1-3H3/t13-,14+/m0/s1. The predicted octanol–water partition coefficient (Wildman–Crippen LogP) is 3.39. The first kappa shape index (κ1) is 16.1. The second kappa shape index (κ2) is 6.24. The number of nitrogens with zero attached hydrogens (tertiary/aromatic N) is 1. The lowest BCUT2D eigenvalue weighted by atomic mass is 9.86. The van der Waals surface area contributed by atoms with Crippen LogP contribution in [0, 0.1) is 0 Å². The van der Waals surface area contributed by atoms with Gasteiger partial charge in [-0.2, -0.15) is 0 Å². The van der Waals surface area contributed by atoms with E-state index in [4.69, 9.17) is 22.1 Å². The monoisotopic (exact) mass is 310 g/mol. The van der Waals surface area contributed by atoms with Gasteiger partial charge < -0.3 is 15.4 Å². The van der Waals surface area contributed by atoms with E-state index in [0.29, 0.717) is 13.1 Å². The first-order valence-corrected chi connectivity index (χ1v) is 7.63. The van der Waals surface area contributed by atoms with E-state index in [9.17, 15) is 4.79 Å². The molecule has 4 nitrogen and oxygen atoms in total. The van der Waals surface area contributed by atoms with Gasteiger partial charge in [-0.3, -0.25) is 0 Å². The number of rotatable bonds is 1. The number of carbonyl (C=O) groups excluding carboxylic acids is 1. The van der Waals surface area contributed by atoms with Gasteiger partial charge in [0.2, 0.25) is 0 Å². The summed E-state index contributed by atoms with van der Waals surface area (Å²) in [6, 6.07) is 7.69. The molecule has 1 aliphatic heterocycles. The molecule has 0 radical (unpaired) electrons. The van der Waals surface area contributed by atoms with Gasteiger partial charge in [0, 0.05) is 30.1 Å². The van der Waals surface area contributed by atoms with Gasteiger partial charge in [-0.25, -0.2) is 4.79 Å². The van der Waals surface area contributed by atoms with Gasteiger partial charge in [-0.05, 0) is 44.9 Å². The molecule has 116 valence electrons. The van der Waals surface area contributed by atoms with Gasteiger partial charge in [-0.15, -0.1) is 0 Å². The van der Waals surface area contributed by atoms with E-state index in [-0.39, 0.29) is 18.1 Å². The first-order valence-electron chi connectivity index (χ1n) is 7.25. The average molecular weight is 311 g/mol. The topological polar surface area (TPSA) is 55.6 Å². The zero-order valence-corrected chi connectivity index (χ0v) is 13.6. The van der Waals surface area contributed by atoms with Crippen LogP contribution in [0.2, 0.25) is 5.02 Å². The van der Waals surface area contributed by atoms with E-state index >= 15 is 0 Å². The number of halogens is 1. The largest absolute Gasteiger partial charge is 0.444 e. The van der Waals surface area contributed by atoms with Crippen LogP contribution in [-0.2, 0) is 4.74 Å². The Morgan fingerprint density at radius 1 is 1.33 bits per heavy atom. The van der Waals surface area contributed by atoms with Crippen LogP contribution in [-0.4, -0.2) is 35.7 Å². The Balaban J connectivity index is 1.99. The molecule has 1 heterocycles. The minimum atomic E-state index is -0.478. The summed E-state index contributed by atoms with van der Waals surface area (Å²) in [5.41, 5.74) is 6.96. The molecule has 0 aliphatic carbocycles. The molecular weight excluding hydrogens is 288 g/mol. The lowest BCUT2D eigenvalue weighted by molar-refractivity contribution is 0.0186. The highest BCUT2D eigenvalue weighted by molar-refractivity contribution is 6.30. The van der Waals surface area contributed by atoms with E-state index < -0.39 is 5.60 Å². The van der Waals surface area contributed by atoms with E-state index in [0.717, 1.165) is 11.4 Å². The summed E-state index contributed by atoms with van der Waals surface area (Å²) in [4.78, 5) is 13.8. The molecule has 5 heteroatoms. The predicted molar refractivity (Wildman–Crippen MR) is 84.6 cm³/mol. The molecule has 1 aromatic rings. The Kier molecular flexibility index (Phi) is 4.79. The number of amides is 1. The fourth-order valence-corrected chi connectivity index (χ4v) is 2.72. The van der Waals surface area contributed by atoms with Gasteiger partial charge in [0.05, 0.1) is 0 Å². The molecule has 0 bridgehead atoms. The number of ether oxygens (including phenoxy) is 1. The lowest BCUT2D eigenvalue weighted by Gasteiger charge is -2.37. The van der Waals surface area contributed by atoms with Crippen molar-refractivity contribution in [3.63, 3.8) is 0 Å². The van der Waals surface area contributed by atoms with E-state index in [1.165, 1.54) is 5.56 Å². The number of piperidine rings is 1. The summed E-state index contributed by atoms with van der Waals surface area (Å²) >= 11 is 5.91. The quantitative estimate of drug-likeness (QED) is 0.865. The molecule has 0 aromatic heterocycles. The molecule has 1 aromatic carbocycles. The Bertz CT molecular complexity index is 496. The molecule has 2 atom stereocenters. The van der Waals surface area contributed by atoms with Crippen LogP contribution >= 0.6 is 11.6 Å². The number of benzene rings is 1. The van der Waals surface area contributed by atoms with Crippen molar-refractivity contribution >= 4 is 17.7 Å². The van der Waals surface area contributed by atoms with Crippen LogP contribution in [0.4, 0.5) is 4.79 Å². The molecule has 2 N–H and O–H groups in total. The number of hydrogen-bond acceptors (Lipinski definition) is 3. The lowest BCUT2D eigenvalue weighted by Crippen LogP contribution is -2.50. The SMILES string of the molecule is CC(C)(C)OC(=O)N1CC[C@@H](c2ccc(Cl)cc2)[C@H](N)C1. The smallest absolute Gasteiger partial charge is 0.410 e. The van der Waals surface area contributed by atoms with Gasteiger partial charge >= 0.3 is 6.09 Å². The van der Waals surface area contributed by atoms with Gasteiger partial charge in [0.15, 0.2) is 0 Å². The fourth-order valence-electron chi connectivity index (χ4n) is 2.60. The average Bonchev–Trinajstić information content (AvgIpc) is 2.38. The maximum atomic E-state index is 12.1. The van der Waals surface area contributed by atoms with Crippen LogP contribution in [0.3, 0.4) is 0 Å². The molecule has 1 amide bonds. The Labute approximate surface area is 131 Å². The second-order valence-corrected chi connectivity index (χ2v) is 6.97. The third-order valence-corrected chi connectivity index (χ3v) is 3.86. The van der Waals surface area contributed by atoms with Crippen molar-refractivity contribution in [1.29, 1.82) is 0 Å². The number of hydrogen-bond donors (Lipinski definition) is 1. The molecule has 0 saturated carbocycles. The highest BCUT2D eigenvalue weighted by Gasteiger charge is 2.32. The molecule has 0 unspecified atom stereocenters.